The van der Waals surface area contributed by atoms with E-state index in [1.54, 1.807) is 11.3 Å². The smallest absolute Gasteiger partial charge is 0.260 e. The quantitative estimate of drug-likeness (QED) is 0.578. The van der Waals surface area contributed by atoms with E-state index in [0.717, 1.165) is 41.3 Å². The number of rotatable bonds is 3. The normalized spacial score (nSPS) is 14.6. The fraction of sp³-hybridized carbons (Fsp3) is 0.200. The summed E-state index contributed by atoms with van der Waals surface area (Å²) < 4.78 is 0. The number of H-pyrrole nitrogens is 1. The van der Waals surface area contributed by atoms with Crippen LogP contribution < -0.4 is 5.56 Å². The topological polar surface area (TPSA) is 49.0 Å². The lowest BCUT2D eigenvalue weighted by Crippen LogP contribution is -2.30. The summed E-state index contributed by atoms with van der Waals surface area (Å²) in [6, 6.07) is 12.2. The van der Waals surface area contributed by atoms with Crippen LogP contribution in [0.5, 0.6) is 0 Å². The van der Waals surface area contributed by atoms with Crippen LogP contribution in [-0.4, -0.2) is 21.4 Å². The summed E-state index contributed by atoms with van der Waals surface area (Å²) in [4.78, 5) is 25.2. The summed E-state index contributed by atoms with van der Waals surface area (Å²) in [6.07, 6.45) is 1.08. The average Bonchev–Trinajstić information content (AvgIpc) is 3.29. The second-order valence-corrected chi connectivity index (χ2v) is 8.40. The van der Waals surface area contributed by atoms with Crippen molar-refractivity contribution in [3.63, 3.8) is 0 Å². The predicted molar refractivity (Wildman–Crippen MR) is 108 cm³/mol. The van der Waals surface area contributed by atoms with Crippen molar-refractivity contribution >= 4 is 32.9 Å². The first-order chi connectivity index (χ1) is 12.8. The molecule has 0 spiro atoms. The van der Waals surface area contributed by atoms with Crippen LogP contribution in [0.25, 0.3) is 21.3 Å². The van der Waals surface area contributed by atoms with Crippen molar-refractivity contribution in [2.45, 2.75) is 19.5 Å². The van der Waals surface area contributed by atoms with Gasteiger partial charge in [0.25, 0.3) is 5.56 Å². The molecule has 1 N–H and O–H groups in total. The minimum atomic E-state index is -0.0432. The molecule has 0 unspecified atom stereocenters. The maximum Gasteiger partial charge on any atom is 0.260 e. The molecule has 6 heteroatoms. The minimum Gasteiger partial charge on any atom is -0.309 e. The maximum atomic E-state index is 12.7. The van der Waals surface area contributed by atoms with E-state index in [0.29, 0.717) is 11.9 Å². The first kappa shape index (κ1) is 15.9. The predicted octanol–water partition coefficient (Wildman–Crippen LogP) is 4.27. The highest BCUT2D eigenvalue weighted by Gasteiger charge is 2.19. The Balaban J connectivity index is 1.47. The van der Waals surface area contributed by atoms with Crippen molar-refractivity contribution in [2.75, 3.05) is 6.54 Å². The lowest BCUT2D eigenvalue weighted by atomic mass is 10.1. The van der Waals surface area contributed by atoms with Crippen LogP contribution in [0.1, 0.15) is 16.3 Å². The van der Waals surface area contributed by atoms with E-state index in [1.807, 2.05) is 47.0 Å². The van der Waals surface area contributed by atoms with E-state index in [9.17, 15) is 4.79 Å². The molecule has 4 nitrogen and oxygen atoms in total. The van der Waals surface area contributed by atoms with Crippen LogP contribution in [0.15, 0.2) is 52.0 Å². The third-order valence-corrected chi connectivity index (χ3v) is 6.73. The molecule has 3 aromatic heterocycles. The molecule has 0 saturated carbocycles. The monoisotopic (exact) mass is 379 g/mol. The van der Waals surface area contributed by atoms with Crippen LogP contribution in [0.3, 0.4) is 0 Å². The fourth-order valence-corrected chi connectivity index (χ4v) is 5.41. The van der Waals surface area contributed by atoms with Gasteiger partial charge in [-0.25, -0.2) is 4.98 Å². The molecule has 0 atom stereocenters. The third-order valence-electron chi connectivity index (χ3n) is 4.84. The van der Waals surface area contributed by atoms with E-state index in [4.69, 9.17) is 4.98 Å². The number of benzene rings is 1. The van der Waals surface area contributed by atoms with Crippen LogP contribution in [-0.2, 0) is 19.5 Å². The van der Waals surface area contributed by atoms with Crippen LogP contribution in [0.2, 0.25) is 0 Å². The van der Waals surface area contributed by atoms with Crippen molar-refractivity contribution < 1.29 is 0 Å². The van der Waals surface area contributed by atoms with Gasteiger partial charge in [-0.3, -0.25) is 9.69 Å². The molecule has 4 heterocycles. The number of aromatic amines is 1. The number of nitrogens with one attached hydrogen (secondary N) is 1. The highest BCUT2D eigenvalue weighted by molar-refractivity contribution is 7.17. The summed E-state index contributed by atoms with van der Waals surface area (Å²) in [5, 5.41) is 4.89. The zero-order valence-corrected chi connectivity index (χ0v) is 15.7. The van der Waals surface area contributed by atoms with Crippen LogP contribution in [0.4, 0.5) is 0 Å². The van der Waals surface area contributed by atoms with Gasteiger partial charge in [-0.15, -0.1) is 22.7 Å². The van der Waals surface area contributed by atoms with E-state index >= 15 is 0 Å². The maximum absolute atomic E-state index is 12.7. The summed E-state index contributed by atoms with van der Waals surface area (Å²) in [6.45, 7) is 2.62. The van der Waals surface area contributed by atoms with Crippen LogP contribution in [0, 0.1) is 0 Å². The Morgan fingerprint density at radius 2 is 2.04 bits per heavy atom. The van der Waals surface area contributed by atoms with Gasteiger partial charge in [0.15, 0.2) is 0 Å². The molecule has 1 aliphatic heterocycles. The van der Waals surface area contributed by atoms with E-state index in [2.05, 4.69) is 21.3 Å². The number of thiophene rings is 2. The molecule has 26 heavy (non-hydrogen) atoms. The number of hydrogen-bond donors (Lipinski definition) is 1. The van der Waals surface area contributed by atoms with Gasteiger partial charge in [0, 0.05) is 28.9 Å². The molecule has 1 aliphatic rings. The Labute approximate surface area is 158 Å². The molecule has 0 amide bonds. The lowest BCUT2D eigenvalue weighted by Gasteiger charge is -2.26. The first-order valence-corrected chi connectivity index (χ1v) is 10.4. The van der Waals surface area contributed by atoms with Gasteiger partial charge < -0.3 is 4.98 Å². The fourth-order valence-electron chi connectivity index (χ4n) is 3.55. The molecule has 0 bridgehead atoms. The Morgan fingerprint density at radius 1 is 1.15 bits per heavy atom. The molecular formula is C20H17N3OS2. The number of nitrogens with zero attached hydrogens (tertiary/aromatic N) is 2. The zero-order valence-electron chi connectivity index (χ0n) is 14.1. The molecule has 0 radical (unpaired) electrons. The van der Waals surface area contributed by atoms with Crippen molar-refractivity contribution in [3.05, 3.63) is 73.8 Å². The van der Waals surface area contributed by atoms with Crippen LogP contribution >= 0.6 is 22.7 Å². The van der Waals surface area contributed by atoms with Crippen molar-refractivity contribution in [1.82, 2.24) is 14.9 Å². The van der Waals surface area contributed by atoms with E-state index < -0.39 is 0 Å². The third kappa shape index (κ3) is 2.80. The standard InChI is InChI=1S/C20H17N3OS2/c24-19-18-15(13-4-2-1-3-5-13)12-26-20(18)22-17(21-19)11-23-8-6-16-14(10-23)7-9-25-16/h1-5,7,9,12H,6,8,10-11H2,(H,21,22,24). The minimum absolute atomic E-state index is 0.0432. The Kier molecular flexibility index (Phi) is 3.96. The van der Waals surface area contributed by atoms with Gasteiger partial charge in [-0.2, -0.15) is 0 Å². The highest BCUT2D eigenvalue weighted by Crippen LogP contribution is 2.31. The molecule has 0 saturated heterocycles. The molecule has 1 aromatic carbocycles. The highest BCUT2D eigenvalue weighted by atomic mass is 32.1. The van der Waals surface area contributed by atoms with Crippen molar-refractivity contribution in [2.24, 2.45) is 0 Å². The first-order valence-electron chi connectivity index (χ1n) is 8.61. The van der Waals surface area contributed by atoms with Gasteiger partial charge in [0.05, 0.1) is 11.9 Å². The van der Waals surface area contributed by atoms with Gasteiger partial charge in [-0.05, 0) is 29.0 Å². The number of hydrogen-bond acceptors (Lipinski definition) is 5. The molecular weight excluding hydrogens is 362 g/mol. The Bertz CT molecular complexity index is 1130. The van der Waals surface area contributed by atoms with Gasteiger partial charge >= 0.3 is 0 Å². The van der Waals surface area contributed by atoms with E-state index in [-0.39, 0.29) is 5.56 Å². The van der Waals surface area contributed by atoms with Crippen molar-refractivity contribution in [3.8, 4) is 11.1 Å². The Hall–Kier alpha value is -2.28. The van der Waals surface area contributed by atoms with Crippen molar-refractivity contribution in [1.29, 1.82) is 0 Å². The lowest BCUT2D eigenvalue weighted by molar-refractivity contribution is 0.241. The zero-order chi connectivity index (χ0) is 17.5. The van der Waals surface area contributed by atoms with Gasteiger partial charge in [0.2, 0.25) is 0 Å². The van der Waals surface area contributed by atoms with E-state index in [1.165, 1.54) is 10.4 Å². The van der Waals surface area contributed by atoms with Gasteiger partial charge in [0.1, 0.15) is 10.7 Å². The number of fused-ring (bicyclic) bond motifs is 2. The molecule has 130 valence electrons. The molecule has 4 aromatic rings. The average molecular weight is 380 g/mol. The summed E-state index contributed by atoms with van der Waals surface area (Å²) in [5.41, 5.74) is 3.39. The van der Waals surface area contributed by atoms with Gasteiger partial charge in [-0.1, -0.05) is 30.3 Å². The Morgan fingerprint density at radius 3 is 2.92 bits per heavy atom. The summed E-state index contributed by atoms with van der Waals surface area (Å²) in [7, 11) is 0. The summed E-state index contributed by atoms with van der Waals surface area (Å²) in [5.74, 6) is 0.752. The molecule has 0 fully saturated rings. The largest absolute Gasteiger partial charge is 0.309 e. The summed E-state index contributed by atoms with van der Waals surface area (Å²) >= 11 is 3.38. The second kappa shape index (κ2) is 6.46. The molecule has 0 aliphatic carbocycles. The SMILES string of the molecule is O=c1[nH]c(CN2CCc3sccc3C2)nc2scc(-c3ccccc3)c12. The second-order valence-electron chi connectivity index (χ2n) is 6.54. The molecule has 5 rings (SSSR count). The number of aromatic nitrogens is 2.